The Morgan fingerprint density at radius 3 is 0.615 bits per heavy atom. The topological polar surface area (TPSA) is 78.9 Å². The maximum Gasteiger partial charge on any atom is 0.306 e. The van der Waals surface area contributed by atoms with E-state index in [0.717, 1.165) is 57.8 Å². The van der Waals surface area contributed by atoms with Gasteiger partial charge in [0.1, 0.15) is 13.2 Å². The first-order chi connectivity index (χ1) is 32.0. The highest BCUT2D eigenvalue weighted by atomic mass is 16.6. The molecule has 0 fully saturated rings. The third-order valence-corrected chi connectivity index (χ3v) is 13.6. The number of esters is 3. The fraction of sp³-hybridized carbons (Fsp3) is 0.949. The van der Waals surface area contributed by atoms with Crippen molar-refractivity contribution in [3.8, 4) is 0 Å². The van der Waals surface area contributed by atoms with Crippen molar-refractivity contribution in [2.45, 2.75) is 348 Å². The normalized spacial score (nSPS) is 11.9. The molecule has 0 aliphatic heterocycles. The molecule has 6 heteroatoms. The predicted octanol–water partition coefficient (Wildman–Crippen LogP) is 19.5. The van der Waals surface area contributed by atoms with Gasteiger partial charge in [-0.3, -0.25) is 14.4 Å². The lowest BCUT2D eigenvalue weighted by Gasteiger charge is -2.18. The number of carbonyl (C=O) groups excluding carboxylic acids is 3. The van der Waals surface area contributed by atoms with Crippen LogP contribution in [0.1, 0.15) is 342 Å². The van der Waals surface area contributed by atoms with Gasteiger partial charge in [-0.05, 0) is 19.3 Å². The van der Waals surface area contributed by atoms with E-state index in [0.29, 0.717) is 19.3 Å². The SMILES string of the molecule is CCCCCCCCCCCCCCCCCCCCCCCCCCCCCCCCC(=O)OCC(COC(=O)CCCCCCCCC)OC(=O)CCCCCCCCCCCC. The van der Waals surface area contributed by atoms with E-state index in [9.17, 15) is 14.4 Å². The molecule has 0 N–H and O–H groups in total. The van der Waals surface area contributed by atoms with E-state index < -0.39 is 6.10 Å². The van der Waals surface area contributed by atoms with Crippen molar-refractivity contribution >= 4 is 17.9 Å². The van der Waals surface area contributed by atoms with Gasteiger partial charge in [0.2, 0.25) is 0 Å². The van der Waals surface area contributed by atoms with Crippen LogP contribution in [-0.2, 0) is 28.6 Å². The Labute approximate surface area is 406 Å². The Morgan fingerprint density at radius 2 is 0.415 bits per heavy atom. The van der Waals surface area contributed by atoms with Crippen LogP contribution in [0.25, 0.3) is 0 Å². The molecular formula is C59H114O6. The third kappa shape index (κ3) is 53.2. The van der Waals surface area contributed by atoms with Crippen LogP contribution in [0.2, 0.25) is 0 Å². The van der Waals surface area contributed by atoms with Crippen molar-refractivity contribution in [1.82, 2.24) is 0 Å². The van der Waals surface area contributed by atoms with Gasteiger partial charge in [0.25, 0.3) is 0 Å². The second-order valence-corrected chi connectivity index (χ2v) is 20.3. The smallest absolute Gasteiger partial charge is 0.306 e. The second-order valence-electron chi connectivity index (χ2n) is 20.3. The molecule has 0 rings (SSSR count). The Morgan fingerprint density at radius 1 is 0.246 bits per heavy atom. The van der Waals surface area contributed by atoms with E-state index in [1.54, 1.807) is 0 Å². The molecule has 0 aliphatic rings. The molecule has 0 heterocycles. The fourth-order valence-corrected chi connectivity index (χ4v) is 9.15. The maximum absolute atomic E-state index is 12.7. The lowest BCUT2D eigenvalue weighted by molar-refractivity contribution is -0.167. The van der Waals surface area contributed by atoms with E-state index in [-0.39, 0.29) is 31.1 Å². The highest BCUT2D eigenvalue weighted by Gasteiger charge is 2.19. The van der Waals surface area contributed by atoms with Gasteiger partial charge in [0.05, 0.1) is 0 Å². The monoisotopic (exact) mass is 919 g/mol. The molecule has 0 saturated heterocycles. The van der Waals surface area contributed by atoms with Gasteiger partial charge in [0, 0.05) is 19.3 Å². The summed E-state index contributed by atoms with van der Waals surface area (Å²) in [6.45, 7) is 6.64. The van der Waals surface area contributed by atoms with Crippen molar-refractivity contribution in [3.05, 3.63) is 0 Å². The van der Waals surface area contributed by atoms with E-state index in [1.807, 2.05) is 0 Å². The Bertz CT molecular complexity index is 967. The first kappa shape index (κ1) is 63.4. The summed E-state index contributed by atoms with van der Waals surface area (Å²) in [6.07, 6.45) is 61.5. The summed E-state index contributed by atoms with van der Waals surface area (Å²) >= 11 is 0. The van der Waals surface area contributed by atoms with Crippen molar-refractivity contribution in [1.29, 1.82) is 0 Å². The molecule has 1 unspecified atom stereocenters. The van der Waals surface area contributed by atoms with Crippen molar-refractivity contribution in [2.24, 2.45) is 0 Å². The molecule has 65 heavy (non-hydrogen) atoms. The number of carbonyl (C=O) groups is 3. The molecule has 1 atom stereocenters. The number of unbranched alkanes of at least 4 members (excludes halogenated alkanes) is 44. The molecule has 0 spiro atoms. The summed E-state index contributed by atoms with van der Waals surface area (Å²) in [5, 5.41) is 0. The molecule has 0 aliphatic carbocycles. The molecule has 0 aromatic carbocycles. The zero-order chi connectivity index (χ0) is 47.2. The van der Waals surface area contributed by atoms with Crippen molar-refractivity contribution in [2.75, 3.05) is 13.2 Å². The Hall–Kier alpha value is -1.59. The van der Waals surface area contributed by atoms with Gasteiger partial charge in [0.15, 0.2) is 6.10 Å². The number of hydrogen-bond acceptors (Lipinski definition) is 6. The maximum atomic E-state index is 12.7. The van der Waals surface area contributed by atoms with Crippen LogP contribution in [0.4, 0.5) is 0 Å². The van der Waals surface area contributed by atoms with Gasteiger partial charge in [-0.25, -0.2) is 0 Å². The molecule has 0 saturated carbocycles. The first-order valence-corrected chi connectivity index (χ1v) is 29.5. The van der Waals surface area contributed by atoms with Gasteiger partial charge in [-0.1, -0.05) is 303 Å². The molecule has 0 bridgehead atoms. The molecule has 386 valence electrons. The van der Waals surface area contributed by atoms with Crippen molar-refractivity contribution in [3.63, 3.8) is 0 Å². The largest absolute Gasteiger partial charge is 0.462 e. The van der Waals surface area contributed by atoms with Gasteiger partial charge in [-0.15, -0.1) is 0 Å². The lowest BCUT2D eigenvalue weighted by Crippen LogP contribution is -2.30. The molecule has 0 aromatic rings. The van der Waals surface area contributed by atoms with Gasteiger partial charge < -0.3 is 14.2 Å². The first-order valence-electron chi connectivity index (χ1n) is 29.5. The number of rotatable bonds is 55. The molecule has 0 radical (unpaired) electrons. The van der Waals surface area contributed by atoms with Crippen LogP contribution in [0, 0.1) is 0 Å². The average Bonchev–Trinajstić information content (AvgIpc) is 3.30. The van der Waals surface area contributed by atoms with Crippen LogP contribution in [0.15, 0.2) is 0 Å². The minimum absolute atomic E-state index is 0.0626. The predicted molar refractivity (Wildman–Crippen MR) is 280 cm³/mol. The standard InChI is InChI=1S/C59H114O6/c1-4-7-10-13-16-18-20-21-22-23-24-25-26-27-28-29-30-31-32-33-34-35-36-37-38-39-41-43-46-49-52-58(61)64-55-56(54-63-57(60)51-48-45-42-15-12-9-6-3)65-59(62)53-50-47-44-40-19-17-14-11-8-5-2/h56H,4-55H2,1-3H3. The van der Waals surface area contributed by atoms with Gasteiger partial charge >= 0.3 is 17.9 Å². The minimum Gasteiger partial charge on any atom is -0.462 e. The third-order valence-electron chi connectivity index (χ3n) is 13.6. The van der Waals surface area contributed by atoms with Crippen LogP contribution >= 0.6 is 0 Å². The molecule has 0 amide bonds. The van der Waals surface area contributed by atoms with Gasteiger partial charge in [-0.2, -0.15) is 0 Å². The summed E-state index contributed by atoms with van der Waals surface area (Å²) in [5.74, 6) is -0.850. The van der Waals surface area contributed by atoms with Crippen molar-refractivity contribution < 1.29 is 28.6 Å². The highest BCUT2D eigenvalue weighted by molar-refractivity contribution is 5.71. The summed E-state index contributed by atoms with van der Waals surface area (Å²) < 4.78 is 16.7. The molecule has 6 nitrogen and oxygen atoms in total. The minimum atomic E-state index is -0.758. The molecular weight excluding hydrogens is 805 g/mol. The lowest BCUT2D eigenvalue weighted by atomic mass is 10.0. The van der Waals surface area contributed by atoms with E-state index in [1.165, 1.54) is 244 Å². The number of ether oxygens (including phenoxy) is 3. The second kappa shape index (κ2) is 55.0. The van der Waals surface area contributed by atoms with Crippen LogP contribution < -0.4 is 0 Å². The van der Waals surface area contributed by atoms with E-state index in [4.69, 9.17) is 14.2 Å². The van der Waals surface area contributed by atoms with Crippen LogP contribution in [0.5, 0.6) is 0 Å². The van der Waals surface area contributed by atoms with E-state index >= 15 is 0 Å². The van der Waals surface area contributed by atoms with Crippen LogP contribution in [-0.4, -0.2) is 37.2 Å². The summed E-state index contributed by atoms with van der Waals surface area (Å²) in [5.41, 5.74) is 0. The zero-order valence-electron chi connectivity index (χ0n) is 44.3. The Balaban J connectivity index is 3.88. The Kier molecular flexibility index (Phi) is 53.7. The highest BCUT2D eigenvalue weighted by Crippen LogP contribution is 2.18. The quantitative estimate of drug-likeness (QED) is 0.0344. The summed E-state index contributed by atoms with van der Waals surface area (Å²) in [6, 6.07) is 0. The molecule has 0 aromatic heterocycles. The average molecular weight is 920 g/mol. The summed E-state index contributed by atoms with van der Waals surface area (Å²) in [7, 11) is 0. The summed E-state index contributed by atoms with van der Waals surface area (Å²) in [4.78, 5) is 37.8. The fourth-order valence-electron chi connectivity index (χ4n) is 9.15. The number of hydrogen-bond donors (Lipinski definition) is 0. The van der Waals surface area contributed by atoms with E-state index in [2.05, 4.69) is 20.8 Å². The zero-order valence-corrected chi connectivity index (χ0v) is 44.3. The van der Waals surface area contributed by atoms with Crippen LogP contribution in [0.3, 0.4) is 0 Å².